The molecule has 0 saturated carbocycles. The Labute approximate surface area is 187 Å². The number of fused-ring (bicyclic) bond motifs is 1. The third-order valence-corrected chi connectivity index (χ3v) is 5.61. The van der Waals surface area contributed by atoms with E-state index in [4.69, 9.17) is 27.5 Å². The van der Waals surface area contributed by atoms with Gasteiger partial charge in [-0.05, 0) is 42.4 Å². The van der Waals surface area contributed by atoms with Crippen LogP contribution in [0.3, 0.4) is 0 Å². The normalized spacial score (nSPS) is 11.1. The molecule has 7 nitrogen and oxygen atoms in total. The summed E-state index contributed by atoms with van der Waals surface area (Å²) in [7, 11) is 1.44. The van der Waals surface area contributed by atoms with Gasteiger partial charge >= 0.3 is 0 Å². The number of H-pyrrole nitrogens is 1. The van der Waals surface area contributed by atoms with Crippen LogP contribution < -0.4 is 10.5 Å². The van der Waals surface area contributed by atoms with Crippen molar-refractivity contribution in [2.75, 3.05) is 20.1 Å². The van der Waals surface area contributed by atoms with Crippen molar-refractivity contribution in [3.63, 3.8) is 0 Å². The molecule has 1 amide bonds. The van der Waals surface area contributed by atoms with Crippen molar-refractivity contribution in [2.45, 2.75) is 27.0 Å². The van der Waals surface area contributed by atoms with Crippen LogP contribution in [0.25, 0.3) is 10.9 Å². The topological polar surface area (TPSA) is 98.4 Å². The number of rotatable bonds is 8. The van der Waals surface area contributed by atoms with Crippen LogP contribution >= 0.6 is 11.6 Å². The highest BCUT2D eigenvalue weighted by molar-refractivity contribution is 6.35. The maximum absolute atomic E-state index is 12.5. The molecule has 1 heterocycles. The number of guanidine groups is 1. The zero-order chi connectivity index (χ0) is 22.5. The van der Waals surface area contributed by atoms with Crippen molar-refractivity contribution in [1.82, 2.24) is 14.8 Å². The number of nitrogens with zero attached hydrogens (tertiary/aromatic N) is 2. The summed E-state index contributed by atoms with van der Waals surface area (Å²) in [6, 6.07) is 13.5. The van der Waals surface area contributed by atoms with Crippen molar-refractivity contribution < 1.29 is 9.53 Å². The fourth-order valence-electron chi connectivity index (χ4n) is 3.37. The molecule has 0 aliphatic rings. The summed E-state index contributed by atoms with van der Waals surface area (Å²) >= 11 is 6.33. The summed E-state index contributed by atoms with van der Waals surface area (Å²) in [5.41, 5.74) is 8.64. The number of halogens is 1. The Balaban J connectivity index is 1.82. The first-order chi connectivity index (χ1) is 14.8. The van der Waals surface area contributed by atoms with Gasteiger partial charge in [-0.2, -0.15) is 0 Å². The van der Waals surface area contributed by atoms with Gasteiger partial charge in [0, 0.05) is 19.0 Å². The van der Waals surface area contributed by atoms with Gasteiger partial charge in [0.25, 0.3) is 5.91 Å². The maximum atomic E-state index is 12.5. The van der Waals surface area contributed by atoms with E-state index < -0.39 is 5.91 Å². The molecular weight excluding hydrogens is 414 g/mol. The number of ether oxygens (including phenoxy) is 1. The van der Waals surface area contributed by atoms with Gasteiger partial charge in [0.2, 0.25) is 0 Å². The van der Waals surface area contributed by atoms with Crippen molar-refractivity contribution in [3.05, 3.63) is 64.3 Å². The van der Waals surface area contributed by atoms with Crippen LogP contribution in [0.1, 0.15) is 35.5 Å². The number of nitrogens with two attached hydrogens (primary N) is 1. The van der Waals surface area contributed by atoms with E-state index in [0.717, 1.165) is 30.1 Å². The molecule has 31 heavy (non-hydrogen) atoms. The first-order valence-corrected chi connectivity index (χ1v) is 10.6. The molecule has 0 aliphatic carbocycles. The SMILES string of the molecule is CCN(CC)Cc1cccc(COc2ccc(Cl)c3cc(C(=O)N(C)C(=N)N)[nH]c23)c1. The van der Waals surface area contributed by atoms with Crippen LogP contribution in [-0.4, -0.2) is 46.8 Å². The minimum absolute atomic E-state index is 0.284. The second-order valence-electron chi connectivity index (χ2n) is 7.34. The number of hydrogen-bond donors (Lipinski definition) is 3. The van der Waals surface area contributed by atoms with Crippen molar-refractivity contribution in [2.24, 2.45) is 5.73 Å². The van der Waals surface area contributed by atoms with E-state index in [1.807, 2.05) is 12.1 Å². The predicted octanol–water partition coefficient (Wildman–Crippen LogP) is 4.21. The molecule has 3 aromatic rings. The number of nitrogens with one attached hydrogen (secondary N) is 2. The van der Waals surface area contributed by atoms with Crippen LogP contribution in [0.15, 0.2) is 42.5 Å². The number of carbonyl (C=O) groups is 1. The molecule has 0 aliphatic heterocycles. The molecule has 0 fully saturated rings. The number of aromatic amines is 1. The summed E-state index contributed by atoms with van der Waals surface area (Å²) in [6.45, 7) is 7.62. The number of hydrogen-bond acceptors (Lipinski definition) is 4. The van der Waals surface area contributed by atoms with Crippen molar-refractivity contribution >= 4 is 34.4 Å². The van der Waals surface area contributed by atoms with E-state index in [1.165, 1.54) is 12.6 Å². The second kappa shape index (κ2) is 9.85. The molecule has 0 bridgehead atoms. The highest BCUT2D eigenvalue weighted by atomic mass is 35.5. The van der Waals surface area contributed by atoms with Crippen LogP contribution in [0.4, 0.5) is 0 Å². The zero-order valence-corrected chi connectivity index (χ0v) is 18.8. The third kappa shape index (κ3) is 5.18. The van der Waals surface area contributed by atoms with Crippen LogP contribution in [-0.2, 0) is 13.2 Å². The summed E-state index contributed by atoms with van der Waals surface area (Å²) in [6.07, 6.45) is 0. The molecule has 0 radical (unpaired) electrons. The quantitative estimate of drug-likeness (QED) is 0.360. The number of benzene rings is 2. The summed E-state index contributed by atoms with van der Waals surface area (Å²) < 4.78 is 6.08. The van der Waals surface area contributed by atoms with Gasteiger partial charge in [0.1, 0.15) is 18.1 Å². The van der Waals surface area contributed by atoms with E-state index in [1.54, 1.807) is 18.2 Å². The molecule has 0 saturated heterocycles. The van der Waals surface area contributed by atoms with Gasteiger partial charge in [0.15, 0.2) is 5.96 Å². The Morgan fingerprint density at radius 1 is 1.16 bits per heavy atom. The second-order valence-corrected chi connectivity index (χ2v) is 7.74. The monoisotopic (exact) mass is 441 g/mol. The largest absolute Gasteiger partial charge is 0.487 e. The molecule has 1 aromatic heterocycles. The lowest BCUT2D eigenvalue weighted by Gasteiger charge is -2.18. The van der Waals surface area contributed by atoms with Gasteiger partial charge in [0.05, 0.1) is 10.5 Å². The molecule has 8 heteroatoms. The van der Waals surface area contributed by atoms with Crippen LogP contribution in [0.5, 0.6) is 5.75 Å². The third-order valence-electron chi connectivity index (χ3n) is 5.29. The average Bonchev–Trinajstić information content (AvgIpc) is 3.22. The Kier molecular flexibility index (Phi) is 7.20. The molecule has 3 rings (SSSR count). The first kappa shape index (κ1) is 22.7. The van der Waals surface area contributed by atoms with Gasteiger partial charge < -0.3 is 15.5 Å². The lowest BCUT2D eigenvalue weighted by atomic mass is 10.1. The molecule has 0 unspecified atom stereocenters. The van der Waals surface area contributed by atoms with Gasteiger partial charge in [-0.3, -0.25) is 20.0 Å². The molecule has 0 spiro atoms. The van der Waals surface area contributed by atoms with E-state index >= 15 is 0 Å². The van der Waals surface area contributed by atoms with Gasteiger partial charge in [-0.15, -0.1) is 0 Å². The van der Waals surface area contributed by atoms with Crippen LogP contribution in [0.2, 0.25) is 5.02 Å². The molecule has 0 atom stereocenters. The molecule has 164 valence electrons. The first-order valence-electron chi connectivity index (χ1n) is 10.2. The zero-order valence-electron chi connectivity index (χ0n) is 18.0. The van der Waals surface area contributed by atoms with Crippen LogP contribution in [0, 0.1) is 5.41 Å². The Bertz CT molecular complexity index is 1090. The van der Waals surface area contributed by atoms with Gasteiger partial charge in [-0.25, -0.2) is 0 Å². The van der Waals surface area contributed by atoms with Gasteiger partial charge in [-0.1, -0.05) is 49.7 Å². The van der Waals surface area contributed by atoms with E-state index in [2.05, 4.69) is 35.9 Å². The highest BCUT2D eigenvalue weighted by Gasteiger charge is 2.19. The number of carbonyl (C=O) groups excluding carboxylic acids is 1. The number of amides is 1. The van der Waals surface area contributed by atoms with Crippen molar-refractivity contribution in [1.29, 1.82) is 5.41 Å². The maximum Gasteiger partial charge on any atom is 0.276 e. The summed E-state index contributed by atoms with van der Waals surface area (Å²) in [4.78, 5) is 19.0. The van der Waals surface area contributed by atoms with E-state index in [0.29, 0.717) is 28.3 Å². The Morgan fingerprint density at radius 2 is 1.87 bits per heavy atom. The summed E-state index contributed by atoms with van der Waals surface area (Å²) in [5, 5.41) is 8.64. The van der Waals surface area contributed by atoms with Crippen molar-refractivity contribution in [3.8, 4) is 5.75 Å². The number of aromatic nitrogens is 1. The molecule has 2 aromatic carbocycles. The fourth-order valence-corrected chi connectivity index (χ4v) is 3.58. The average molecular weight is 442 g/mol. The Hall–Kier alpha value is -3.03. The summed E-state index contributed by atoms with van der Waals surface area (Å²) in [5.74, 6) is -0.163. The highest BCUT2D eigenvalue weighted by Crippen LogP contribution is 2.32. The Morgan fingerprint density at radius 3 is 2.55 bits per heavy atom. The molecule has 4 N–H and O–H groups in total. The smallest absolute Gasteiger partial charge is 0.276 e. The standard InChI is InChI=1S/C23H28ClN5O2/c1-4-29(5-2)13-15-7-6-8-16(11-15)14-31-20-10-9-18(24)17-12-19(27-21(17)20)22(30)28(3)23(25)26/h6-12,27H,4-5,13-14H2,1-3H3,(H3,25,26). The predicted molar refractivity (Wildman–Crippen MR) is 125 cm³/mol. The fraction of sp³-hybridized carbons (Fsp3) is 0.304. The van der Waals surface area contributed by atoms with E-state index in [9.17, 15) is 4.79 Å². The van der Waals surface area contributed by atoms with E-state index in [-0.39, 0.29) is 11.7 Å². The minimum atomic E-state index is -0.421. The minimum Gasteiger partial charge on any atom is -0.487 e. The lowest BCUT2D eigenvalue weighted by Crippen LogP contribution is -2.38. The molecular formula is C23H28ClN5O2. The lowest BCUT2D eigenvalue weighted by molar-refractivity contribution is 0.0864.